The molecule has 1 saturated heterocycles. The molecule has 0 spiro atoms. The highest BCUT2D eigenvalue weighted by molar-refractivity contribution is 6.37. The van der Waals surface area contributed by atoms with Crippen LogP contribution in [0.5, 0.6) is 0 Å². The molecule has 0 bridgehead atoms. The van der Waals surface area contributed by atoms with Crippen molar-refractivity contribution in [3.8, 4) is 0 Å². The van der Waals surface area contributed by atoms with Crippen LogP contribution in [0.15, 0.2) is 0 Å². The maximum atomic E-state index is 13.0. The van der Waals surface area contributed by atoms with Crippen LogP contribution in [0.4, 0.5) is 0 Å². The summed E-state index contributed by atoms with van der Waals surface area (Å²) in [6, 6.07) is -2.37. The molecule has 1 aliphatic carbocycles. The first-order chi connectivity index (χ1) is 15.3. The molecule has 9 nitrogen and oxygen atoms in total. The number of nitrogens with two attached hydrogens (primary N) is 2. The molecule has 3 amide bonds. The summed E-state index contributed by atoms with van der Waals surface area (Å²) >= 11 is 0. The molecule has 2 aliphatic rings. The van der Waals surface area contributed by atoms with Gasteiger partial charge in [0.05, 0.1) is 12.1 Å². The number of hydrogen-bond acceptors (Lipinski definition) is 6. The average molecular weight is 471 g/mol. The van der Waals surface area contributed by atoms with Gasteiger partial charge in [-0.1, -0.05) is 67.2 Å². The van der Waals surface area contributed by atoms with Gasteiger partial charge in [-0.2, -0.15) is 0 Å². The second-order valence-corrected chi connectivity index (χ2v) is 10.1. The third-order valence-corrected chi connectivity index (χ3v) is 6.12. The van der Waals surface area contributed by atoms with E-state index in [4.69, 9.17) is 16.6 Å². The van der Waals surface area contributed by atoms with Crippen LogP contribution in [0.25, 0.3) is 0 Å². The molecule has 192 valence electrons. The fourth-order valence-electron chi connectivity index (χ4n) is 3.87. The van der Waals surface area contributed by atoms with Gasteiger partial charge in [0.15, 0.2) is 0 Å². The first-order valence-corrected chi connectivity index (χ1v) is 12.0. The van der Waals surface area contributed by atoms with Gasteiger partial charge < -0.3 is 26.8 Å². The summed E-state index contributed by atoms with van der Waals surface area (Å²) in [6.07, 6.45) is 5.37. The first-order valence-electron chi connectivity index (χ1n) is 12.0. The number of hydrogen-bond donors (Lipinski definition) is 4. The number of nitrogens with zero attached hydrogens (tertiary/aromatic N) is 1. The summed E-state index contributed by atoms with van der Waals surface area (Å²) in [6.45, 7) is 12.2. The first kappa shape index (κ1) is 31.0. The standard InChI is InChI=1S/C20H34N4O4.C3H8.CH4O/c1-11-8-9-24(19(28)16(21)20(2,3)4)14(11)18(27)23-13(15(25)17(22)26)10-12-6-5-7-12;1-3-2;1-2/h11-14,16H,5-10,21H2,1-4H3,(H2,22,26)(H,23,27);3H2,1-2H3;2H,1H3/t11?,13?,14?,16-;;/m1../s1. The molecule has 2 fully saturated rings. The van der Waals surface area contributed by atoms with Crippen molar-refractivity contribution >= 4 is 23.5 Å². The van der Waals surface area contributed by atoms with E-state index in [-0.39, 0.29) is 11.8 Å². The quantitative estimate of drug-likeness (QED) is 0.412. The number of ketones is 1. The topological polar surface area (TPSA) is 156 Å². The number of Topliss-reactive ketones (excluding diaryl/α,β-unsaturated/α-hetero) is 1. The smallest absolute Gasteiger partial charge is 0.287 e. The highest BCUT2D eigenvalue weighted by atomic mass is 16.2. The third-order valence-electron chi connectivity index (χ3n) is 6.12. The minimum atomic E-state index is -1.05. The van der Waals surface area contributed by atoms with Gasteiger partial charge in [0, 0.05) is 13.7 Å². The van der Waals surface area contributed by atoms with Crippen molar-refractivity contribution < 1.29 is 24.3 Å². The van der Waals surface area contributed by atoms with E-state index < -0.39 is 41.1 Å². The highest BCUT2D eigenvalue weighted by Crippen LogP contribution is 2.31. The summed E-state index contributed by atoms with van der Waals surface area (Å²) < 4.78 is 0. The Hall–Kier alpha value is -2.00. The van der Waals surface area contributed by atoms with Crippen molar-refractivity contribution in [2.75, 3.05) is 13.7 Å². The van der Waals surface area contributed by atoms with Crippen molar-refractivity contribution in [1.29, 1.82) is 0 Å². The number of likely N-dealkylation sites (tertiary alicyclic amines) is 1. The molecular weight excluding hydrogens is 424 g/mol. The second-order valence-electron chi connectivity index (χ2n) is 10.1. The Morgan fingerprint density at radius 1 is 1.09 bits per heavy atom. The summed E-state index contributed by atoms with van der Waals surface area (Å²) in [5.41, 5.74) is 10.9. The number of carbonyl (C=O) groups excluding carboxylic acids is 4. The van der Waals surface area contributed by atoms with Gasteiger partial charge in [0.25, 0.3) is 5.91 Å². The van der Waals surface area contributed by atoms with Gasteiger partial charge in [0.1, 0.15) is 6.04 Å². The Kier molecular flexibility index (Phi) is 13.4. The lowest BCUT2D eigenvalue weighted by atomic mass is 9.80. The molecule has 0 aromatic rings. The zero-order valence-electron chi connectivity index (χ0n) is 21.5. The van der Waals surface area contributed by atoms with E-state index in [9.17, 15) is 19.2 Å². The molecule has 1 aliphatic heterocycles. The highest BCUT2D eigenvalue weighted by Gasteiger charge is 2.44. The maximum Gasteiger partial charge on any atom is 0.287 e. The molecule has 6 N–H and O–H groups in total. The molecular formula is C24H46N4O5. The number of aliphatic hydroxyl groups excluding tert-OH is 1. The summed E-state index contributed by atoms with van der Waals surface area (Å²) in [5.74, 6) is -2.28. The number of nitrogens with one attached hydrogen (secondary N) is 1. The second kappa shape index (κ2) is 14.3. The van der Waals surface area contributed by atoms with Crippen molar-refractivity contribution in [3.05, 3.63) is 0 Å². The van der Waals surface area contributed by atoms with Gasteiger partial charge in [-0.3, -0.25) is 19.2 Å². The van der Waals surface area contributed by atoms with Crippen molar-refractivity contribution in [3.63, 3.8) is 0 Å². The maximum absolute atomic E-state index is 13.0. The van der Waals surface area contributed by atoms with Crippen molar-refractivity contribution in [2.45, 2.75) is 98.2 Å². The largest absolute Gasteiger partial charge is 0.400 e. The predicted octanol–water partition coefficient (Wildman–Crippen LogP) is 1.35. The van der Waals surface area contributed by atoms with E-state index >= 15 is 0 Å². The van der Waals surface area contributed by atoms with Crippen LogP contribution in [0.3, 0.4) is 0 Å². The number of rotatable bonds is 7. The van der Waals surface area contributed by atoms with E-state index in [2.05, 4.69) is 19.2 Å². The SMILES string of the molecule is CC1CCN(C(=O)[C@@H](N)C(C)(C)C)C1C(=O)NC(CC1CCC1)C(=O)C(N)=O.CCC.CO. The summed E-state index contributed by atoms with van der Waals surface area (Å²) in [7, 11) is 1.00. The lowest BCUT2D eigenvalue weighted by Crippen LogP contribution is -2.58. The summed E-state index contributed by atoms with van der Waals surface area (Å²) in [4.78, 5) is 51.1. The molecule has 1 saturated carbocycles. The Morgan fingerprint density at radius 3 is 2.00 bits per heavy atom. The van der Waals surface area contributed by atoms with Crippen LogP contribution in [0.1, 0.15) is 80.1 Å². The van der Waals surface area contributed by atoms with E-state index in [1.54, 1.807) is 0 Å². The summed E-state index contributed by atoms with van der Waals surface area (Å²) in [5, 5.41) is 9.71. The Bertz CT molecular complexity index is 658. The molecule has 0 aromatic heterocycles. The van der Waals surface area contributed by atoms with Gasteiger partial charge in [-0.05, 0) is 30.1 Å². The molecule has 4 atom stereocenters. The van der Waals surface area contributed by atoms with Gasteiger partial charge >= 0.3 is 0 Å². The van der Waals surface area contributed by atoms with E-state index in [1.807, 2.05) is 27.7 Å². The zero-order valence-corrected chi connectivity index (χ0v) is 21.5. The van der Waals surface area contributed by atoms with Crippen LogP contribution in [-0.4, -0.2) is 65.3 Å². The van der Waals surface area contributed by atoms with Gasteiger partial charge in [-0.15, -0.1) is 0 Å². The molecule has 33 heavy (non-hydrogen) atoms. The van der Waals surface area contributed by atoms with E-state index in [0.29, 0.717) is 25.3 Å². The number of aliphatic hydroxyl groups is 1. The zero-order chi connectivity index (χ0) is 25.9. The van der Waals surface area contributed by atoms with E-state index in [1.165, 1.54) is 11.3 Å². The Balaban J connectivity index is 0.00000189. The molecule has 0 aromatic carbocycles. The lowest BCUT2D eigenvalue weighted by molar-refractivity contribution is -0.143. The van der Waals surface area contributed by atoms with Crippen molar-refractivity contribution in [1.82, 2.24) is 10.2 Å². The molecule has 1 heterocycles. The third kappa shape index (κ3) is 9.04. The van der Waals surface area contributed by atoms with Crippen LogP contribution in [0, 0.1) is 17.3 Å². The van der Waals surface area contributed by atoms with Crippen molar-refractivity contribution in [2.24, 2.45) is 28.7 Å². The fraction of sp³-hybridized carbons (Fsp3) is 0.833. The normalized spacial score (nSPS) is 21.9. The van der Waals surface area contributed by atoms with Crippen LogP contribution in [-0.2, 0) is 19.2 Å². The van der Waals surface area contributed by atoms with E-state index in [0.717, 1.165) is 26.4 Å². The molecule has 3 unspecified atom stereocenters. The van der Waals surface area contributed by atoms with Crippen LogP contribution in [0.2, 0.25) is 0 Å². The monoisotopic (exact) mass is 470 g/mol. The minimum Gasteiger partial charge on any atom is -0.400 e. The molecule has 2 rings (SSSR count). The number of carbonyl (C=O) groups is 4. The lowest BCUT2D eigenvalue weighted by Gasteiger charge is -2.34. The predicted molar refractivity (Wildman–Crippen MR) is 129 cm³/mol. The Morgan fingerprint density at radius 2 is 1.61 bits per heavy atom. The molecule has 0 radical (unpaired) electrons. The molecule has 9 heteroatoms. The fourth-order valence-corrected chi connectivity index (χ4v) is 3.87. The van der Waals surface area contributed by atoms with Crippen LogP contribution >= 0.6 is 0 Å². The number of amides is 3. The van der Waals surface area contributed by atoms with Gasteiger partial charge in [-0.25, -0.2) is 0 Å². The average Bonchev–Trinajstić information content (AvgIpc) is 3.10. The minimum absolute atomic E-state index is 0.0656. The van der Waals surface area contributed by atoms with Crippen LogP contribution < -0.4 is 16.8 Å². The Labute approximate surface area is 199 Å². The number of primary amides is 1. The van der Waals surface area contributed by atoms with Gasteiger partial charge in [0.2, 0.25) is 17.6 Å².